The molecule has 0 bridgehead atoms. The molecule has 7 heteroatoms. The van der Waals surface area contributed by atoms with Crippen LogP contribution in [0.15, 0.2) is 52.9 Å². The molecule has 2 aromatic carbocycles. The number of carbonyl (C=O) groups excluding carboxylic acids is 1. The molecule has 7 nitrogen and oxygen atoms in total. The van der Waals surface area contributed by atoms with E-state index in [1.807, 2.05) is 31.2 Å². The van der Waals surface area contributed by atoms with E-state index in [0.717, 1.165) is 11.1 Å². The van der Waals surface area contributed by atoms with Crippen molar-refractivity contribution in [1.29, 1.82) is 0 Å². The first kappa shape index (κ1) is 18.8. The molecule has 0 unspecified atom stereocenters. The van der Waals surface area contributed by atoms with Gasteiger partial charge in [-0.3, -0.25) is 4.90 Å². The van der Waals surface area contributed by atoms with Crippen molar-refractivity contribution in [2.75, 3.05) is 13.2 Å². The van der Waals surface area contributed by atoms with Gasteiger partial charge in [0, 0.05) is 18.8 Å². The molecule has 2 atom stereocenters. The first-order chi connectivity index (χ1) is 14.7. The summed E-state index contributed by atoms with van der Waals surface area (Å²) in [7, 11) is 0. The van der Waals surface area contributed by atoms with Gasteiger partial charge in [0.1, 0.15) is 12.6 Å². The van der Waals surface area contributed by atoms with Gasteiger partial charge < -0.3 is 14.3 Å². The molecule has 1 aromatic heterocycles. The Morgan fingerprint density at radius 1 is 1.13 bits per heavy atom. The Morgan fingerprint density at radius 2 is 1.80 bits per heavy atom. The zero-order valence-corrected chi connectivity index (χ0v) is 16.7. The lowest BCUT2D eigenvalue weighted by Gasteiger charge is -2.22. The number of carbonyl (C=O) groups is 1. The normalized spacial score (nSPS) is 20.3. The fourth-order valence-corrected chi connectivity index (χ4v) is 4.47. The van der Waals surface area contributed by atoms with Crippen molar-refractivity contribution in [2.24, 2.45) is 0 Å². The van der Waals surface area contributed by atoms with Gasteiger partial charge in [0.25, 0.3) is 0 Å². The largest absolute Gasteiger partial charge is 0.448 e. The molecular weight excluding hydrogens is 382 g/mol. The molecular formula is C23H23N3O4. The molecule has 1 aliphatic carbocycles. The highest BCUT2D eigenvalue weighted by Crippen LogP contribution is 2.44. The molecule has 2 heterocycles. The lowest BCUT2D eigenvalue weighted by atomic mass is 9.98. The fraction of sp³-hybridized carbons (Fsp3) is 0.348. The molecule has 0 saturated carbocycles. The highest BCUT2D eigenvalue weighted by atomic mass is 16.6. The van der Waals surface area contributed by atoms with E-state index >= 15 is 0 Å². The number of nitrogens with zero attached hydrogens (tertiary/aromatic N) is 3. The topological polar surface area (TPSA) is 88.7 Å². The zero-order chi connectivity index (χ0) is 20.7. The number of hydrogen-bond acceptors (Lipinski definition) is 6. The van der Waals surface area contributed by atoms with Gasteiger partial charge in [0.2, 0.25) is 11.8 Å². The van der Waals surface area contributed by atoms with Crippen LogP contribution in [0.1, 0.15) is 48.2 Å². The number of fused-ring (bicyclic) bond motifs is 3. The van der Waals surface area contributed by atoms with E-state index in [2.05, 4.69) is 34.5 Å². The van der Waals surface area contributed by atoms with Crippen molar-refractivity contribution in [3.05, 3.63) is 71.4 Å². The third kappa shape index (κ3) is 3.15. The maximum Gasteiger partial charge on any atom is 0.410 e. The molecule has 154 valence electrons. The third-order valence-corrected chi connectivity index (χ3v) is 5.92. The SMILES string of the molecule is CCc1nnc([C@H]2C[C@@H](O)CN2C(=O)OCC2c3ccccc3-c3ccccc32)o1. The minimum atomic E-state index is -0.646. The minimum absolute atomic E-state index is 0.0116. The molecule has 0 radical (unpaired) electrons. The van der Waals surface area contributed by atoms with Crippen LogP contribution in [0.5, 0.6) is 0 Å². The molecule has 5 rings (SSSR count). The second kappa shape index (κ2) is 7.57. The zero-order valence-electron chi connectivity index (χ0n) is 16.7. The fourth-order valence-electron chi connectivity index (χ4n) is 4.47. The second-order valence-corrected chi connectivity index (χ2v) is 7.75. The van der Waals surface area contributed by atoms with E-state index in [-0.39, 0.29) is 19.1 Å². The first-order valence-electron chi connectivity index (χ1n) is 10.3. The van der Waals surface area contributed by atoms with Gasteiger partial charge in [-0.25, -0.2) is 4.79 Å². The monoisotopic (exact) mass is 405 g/mol. The molecule has 1 amide bonds. The average molecular weight is 405 g/mol. The van der Waals surface area contributed by atoms with Crippen molar-refractivity contribution in [2.45, 2.75) is 37.8 Å². The van der Waals surface area contributed by atoms with Crippen LogP contribution in [0.4, 0.5) is 4.79 Å². The smallest absolute Gasteiger partial charge is 0.410 e. The Bertz CT molecular complexity index is 1030. The number of β-amino-alcohol motifs (C(OH)–C–C–N with tert-alkyl or cyclic N) is 1. The summed E-state index contributed by atoms with van der Waals surface area (Å²) in [6.07, 6.45) is -0.148. The number of rotatable bonds is 4. The van der Waals surface area contributed by atoms with Crippen molar-refractivity contribution in [1.82, 2.24) is 15.1 Å². The first-order valence-corrected chi connectivity index (χ1v) is 10.3. The maximum atomic E-state index is 12.9. The van der Waals surface area contributed by atoms with Crippen molar-refractivity contribution < 1.29 is 19.1 Å². The van der Waals surface area contributed by atoms with Crippen LogP contribution in [0.2, 0.25) is 0 Å². The van der Waals surface area contributed by atoms with Crippen LogP contribution in [0.25, 0.3) is 11.1 Å². The molecule has 1 fully saturated rings. The van der Waals surface area contributed by atoms with Crippen LogP contribution in [0, 0.1) is 0 Å². The number of ether oxygens (including phenoxy) is 1. The van der Waals surface area contributed by atoms with Gasteiger partial charge in [0.05, 0.1) is 12.6 Å². The Kier molecular flexibility index (Phi) is 4.75. The van der Waals surface area contributed by atoms with Crippen LogP contribution >= 0.6 is 0 Å². The Morgan fingerprint density at radius 3 is 2.43 bits per heavy atom. The predicted octanol–water partition coefficient (Wildman–Crippen LogP) is 3.69. The van der Waals surface area contributed by atoms with Crippen molar-refractivity contribution in [3.8, 4) is 11.1 Å². The highest BCUT2D eigenvalue weighted by Gasteiger charge is 2.40. The summed E-state index contributed by atoms with van der Waals surface area (Å²) in [5.41, 5.74) is 4.69. The number of benzene rings is 2. The van der Waals surface area contributed by atoms with E-state index in [4.69, 9.17) is 9.15 Å². The predicted molar refractivity (Wildman–Crippen MR) is 109 cm³/mol. The molecule has 1 aliphatic heterocycles. The van der Waals surface area contributed by atoms with Gasteiger partial charge in [0.15, 0.2) is 0 Å². The molecule has 1 N–H and O–H groups in total. The number of aromatic nitrogens is 2. The molecule has 30 heavy (non-hydrogen) atoms. The van der Waals surface area contributed by atoms with E-state index in [9.17, 15) is 9.90 Å². The number of hydrogen-bond donors (Lipinski definition) is 1. The standard InChI is InChI=1S/C23H23N3O4/c1-2-21-24-25-22(30-21)20-11-14(27)12-26(20)23(28)29-13-19-17-9-5-3-7-15(17)16-8-4-6-10-18(16)19/h3-10,14,19-20,27H,2,11-13H2,1H3/t14-,20-/m1/s1. The lowest BCUT2D eigenvalue weighted by Crippen LogP contribution is -2.33. The average Bonchev–Trinajstić information content (AvgIpc) is 3.47. The quantitative estimate of drug-likeness (QED) is 0.712. The van der Waals surface area contributed by atoms with Gasteiger partial charge in [-0.1, -0.05) is 55.5 Å². The van der Waals surface area contributed by atoms with Crippen LogP contribution < -0.4 is 0 Å². The summed E-state index contributed by atoms with van der Waals surface area (Å²) in [4.78, 5) is 14.4. The van der Waals surface area contributed by atoms with Gasteiger partial charge in [-0.2, -0.15) is 0 Å². The summed E-state index contributed by atoms with van der Waals surface area (Å²) in [6, 6.07) is 16.0. The summed E-state index contributed by atoms with van der Waals surface area (Å²) >= 11 is 0. The number of amides is 1. The summed E-state index contributed by atoms with van der Waals surface area (Å²) in [6.45, 7) is 2.34. The van der Waals surface area contributed by atoms with Gasteiger partial charge in [-0.15, -0.1) is 10.2 Å². The Hall–Kier alpha value is -3.19. The Balaban J connectivity index is 1.34. The van der Waals surface area contributed by atoms with E-state index in [1.54, 1.807) is 0 Å². The van der Waals surface area contributed by atoms with E-state index in [0.29, 0.717) is 24.6 Å². The van der Waals surface area contributed by atoms with Crippen LogP contribution in [-0.2, 0) is 11.2 Å². The number of aryl methyl sites for hydroxylation is 1. The van der Waals surface area contributed by atoms with E-state index < -0.39 is 18.2 Å². The highest BCUT2D eigenvalue weighted by molar-refractivity contribution is 5.79. The van der Waals surface area contributed by atoms with Crippen LogP contribution in [-0.4, -0.2) is 45.6 Å². The van der Waals surface area contributed by atoms with Crippen molar-refractivity contribution in [3.63, 3.8) is 0 Å². The summed E-state index contributed by atoms with van der Waals surface area (Å²) in [5.74, 6) is 0.846. The number of aliphatic hydroxyl groups is 1. The third-order valence-electron chi connectivity index (χ3n) is 5.92. The number of aliphatic hydroxyl groups excluding tert-OH is 1. The van der Waals surface area contributed by atoms with Crippen LogP contribution in [0.3, 0.4) is 0 Å². The lowest BCUT2D eigenvalue weighted by molar-refractivity contribution is 0.0873. The van der Waals surface area contributed by atoms with Gasteiger partial charge in [-0.05, 0) is 22.3 Å². The molecule has 1 saturated heterocycles. The molecule has 3 aromatic rings. The molecule has 2 aliphatic rings. The second-order valence-electron chi connectivity index (χ2n) is 7.75. The van der Waals surface area contributed by atoms with E-state index in [1.165, 1.54) is 16.0 Å². The maximum absolute atomic E-state index is 12.9. The van der Waals surface area contributed by atoms with Crippen molar-refractivity contribution >= 4 is 6.09 Å². The summed E-state index contributed by atoms with van der Waals surface area (Å²) < 4.78 is 11.4. The number of likely N-dealkylation sites (tertiary alicyclic amines) is 1. The summed E-state index contributed by atoms with van der Waals surface area (Å²) in [5, 5.41) is 18.2. The Labute approximate surface area is 174 Å². The minimum Gasteiger partial charge on any atom is -0.448 e. The van der Waals surface area contributed by atoms with Gasteiger partial charge >= 0.3 is 6.09 Å². The molecule has 0 spiro atoms.